The molecule has 2 aromatic rings. The topological polar surface area (TPSA) is 48.9 Å². The summed E-state index contributed by atoms with van der Waals surface area (Å²) >= 11 is 0. The maximum absolute atomic E-state index is 13.0. The first-order valence-corrected chi connectivity index (χ1v) is 9.44. The number of hydrogen-bond acceptors (Lipinski definition) is 5. The van der Waals surface area contributed by atoms with E-state index in [2.05, 4.69) is 16.0 Å². The van der Waals surface area contributed by atoms with Crippen molar-refractivity contribution >= 4 is 11.7 Å². The first-order chi connectivity index (χ1) is 13.1. The van der Waals surface area contributed by atoms with E-state index in [4.69, 9.17) is 4.74 Å². The summed E-state index contributed by atoms with van der Waals surface area (Å²) in [6, 6.07) is 11.9. The lowest BCUT2D eigenvalue weighted by Gasteiger charge is -2.35. The van der Waals surface area contributed by atoms with Crippen molar-refractivity contribution in [2.24, 2.45) is 0 Å². The third kappa shape index (κ3) is 4.57. The van der Waals surface area contributed by atoms with Gasteiger partial charge < -0.3 is 14.5 Å². The second-order valence-corrected chi connectivity index (χ2v) is 6.88. The van der Waals surface area contributed by atoms with Gasteiger partial charge >= 0.3 is 0 Å². The van der Waals surface area contributed by atoms with E-state index in [1.807, 2.05) is 61.2 Å². The molecular weight excluding hydrogens is 340 g/mol. The molecule has 0 atom stereocenters. The lowest BCUT2D eigenvalue weighted by Crippen LogP contribution is -2.48. The minimum atomic E-state index is 0.0566. The first kappa shape index (κ1) is 19.2. The van der Waals surface area contributed by atoms with Gasteiger partial charge in [-0.1, -0.05) is 18.2 Å². The average molecular weight is 368 g/mol. The number of aromatic nitrogens is 1. The average Bonchev–Trinajstić information content (AvgIpc) is 2.70. The Morgan fingerprint density at radius 1 is 1.11 bits per heavy atom. The highest BCUT2D eigenvalue weighted by atomic mass is 16.5. The number of anilines is 1. The molecule has 1 aromatic heterocycles. The van der Waals surface area contributed by atoms with Gasteiger partial charge in [0, 0.05) is 58.6 Å². The largest absolute Gasteiger partial charge is 0.494 e. The highest BCUT2D eigenvalue weighted by Crippen LogP contribution is 2.22. The molecular formula is C21H28N4O2. The molecule has 1 aromatic carbocycles. The summed E-state index contributed by atoms with van der Waals surface area (Å²) in [5.74, 6) is 1.72. The molecule has 0 radical (unpaired) electrons. The molecule has 27 heavy (non-hydrogen) atoms. The molecule has 1 saturated heterocycles. The van der Waals surface area contributed by atoms with Gasteiger partial charge in [0.05, 0.1) is 12.2 Å². The number of nitrogens with zero attached hydrogens (tertiary/aromatic N) is 4. The van der Waals surface area contributed by atoms with Gasteiger partial charge in [0.2, 0.25) is 0 Å². The zero-order chi connectivity index (χ0) is 19.2. The van der Waals surface area contributed by atoms with Crippen LogP contribution in [0.5, 0.6) is 5.75 Å². The Morgan fingerprint density at radius 3 is 2.56 bits per heavy atom. The van der Waals surface area contributed by atoms with Gasteiger partial charge in [-0.25, -0.2) is 4.98 Å². The molecule has 1 amide bonds. The summed E-state index contributed by atoms with van der Waals surface area (Å²) in [5, 5.41) is 0. The van der Waals surface area contributed by atoms with Crippen LogP contribution in [0.4, 0.5) is 5.82 Å². The molecule has 0 aliphatic carbocycles. The highest BCUT2D eigenvalue weighted by molar-refractivity contribution is 5.98. The van der Waals surface area contributed by atoms with Gasteiger partial charge in [-0.15, -0.1) is 0 Å². The summed E-state index contributed by atoms with van der Waals surface area (Å²) in [6.07, 6.45) is 1.72. The van der Waals surface area contributed by atoms with Gasteiger partial charge in [-0.05, 0) is 25.1 Å². The summed E-state index contributed by atoms with van der Waals surface area (Å²) in [4.78, 5) is 23.5. The van der Waals surface area contributed by atoms with Gasteiger partial charge in [-0.3, -0.25) is 9.69 Å². The standard InChI is InChI=1S/C21H28N4O2/c1-4-27-19-10-6-5-8-17(19)16-24-12-14-25(15-13-24)21(26)18-9-7-11-22-20(18)23(2)3/h5-11H,4,12-16H2,1-3H3. The van der Waals surface area contributed by atoms with Crippen molar-refractivity contribution in [3.05, 3.63) is 53.7 Å². The maximum atomic E-state index is 13.0. The van der Waals surface area contributed by atoms with Crippen molar-refractivity contribution in [1.82, 2.24) is 14.8 Å². The number of pyridine rings is 1. The summed E-state index contributed by atoms with van der Waals surface area (Å²) < 4.78 is 5.73. The van der Waals surface area contributed by atoms with Crippen LogP contribution in [0.15, 0.2) is 42.6 Å². The Bertz CT molecular complexity index is 770. The fourth-order valence-electron chi connectivity index (χ4n) is 3.37. The van der Waals surface area contributed by atoms with Gasteiger partial charge in [0.1, 0.15) is 11.6 Å². The zero-order valence-electron chi connectivity index (χ0n) is 16.4. The van der Waals surface area contributed by atoms with Gasteiger partial charge in [0.15, 0.2) is 0 Å². The fourth-order valence-corrected chi connectivity index (χ4v) is 3.37. The Balaban J connectivity index is 1.62. The van der Waals surface area contributed by atoms with Crippen molar-refractivity contribution in [3.63, 3.8) is 0 Å². The van der Waals surface area contributed by atoms with Crippen LogP contribution < -0.4 is 9.64 Å². The molecule has 1 aliphatic rings. The van der Waals surface area contributed by atoms with E-state index in [1.54, 1.807) is 6.20 Å². The molecule has 1 aliphatic heterocycles. The number of para-hydroxylation sites is 1. The van der Waals surface area contributed by atoms with Crippen LogP contribution in [0.3, 0.4) is 0 Å². The van der Waals surface area contributed by atoms with E-state index in [1.165, 1.54) is 5.56 Å². The number of carbonyl (C=O) groups is 1. The molecule has 3 rings (SSSR count). The van der Waals surface area contributed by atoms with Crippen LogP contribution in [0.2, 0.25) is 0 Å². The molecule has 1 fully saturated rings. The lowest BCUT2D eigenvalue weighted by atomic mass is 10.1. The minimum Gasteiger partial charge on any atom is -0.494 e. The Hall–Kier alpha value is -2.60. The summed E-state index contributed by atoms with van der Waals surface area (Å²) in [7, 11) is 3.82. The van der Waals surface area contributed by atoms with E-state index < -0.39 is 0 Å². The fraction of sp³-hybridized carbons (Fsp3) is 0.429. The number of hydrogen-bond donors (Lipinski definition) is 0. The third-order valence-corrected chi connectivity index (χ3v) is 4.77. The second-order valence-electron chi connectivity index (χ2n) is 6.88. The van der Waals surface area contributed by atoms with Crippen molar-refractivity contribution in [2.75, 3.05) is 51.8 Å². The number of carbonyl (C=O) groups excluding carboxylic acids is 1. The van der Waals surface area contributed by atoms with Crippen molar-refractivity contribution in [3.8, 4) is 5.75 Å². The quantitative estimate of drug-likeness (QED) is 0.784. The molecule has 6 nitrogen and oxygen atoms in total. The number of benzene rings is 1. The van der Waals surface area contributed by atoms with Crippen LogP contribution in [-0.4, -0.2) is 67.6 Å². The molecule has 0 saturated carbocycles. The lowest BCUT2D eigenvalue weighted by molar-refractivity contribution is 0.0627. The second kappa shape index (κ2) is 8.86. The molecule has 0 spiro atoms. The summed E-state index contributed by atoms with van der Waals surface area (Å²) in [6.45, 7) is 6.65. The molecule has 6 heteroatoms. The van der Waals surface area contributed by atoms with Crippen LogP contribution >= 0.6 is 0 Å². The normalized spacial score (nSPS) is 14.9. The van der Waals surface area contributed by atoms with E-state index in [0.717, 1.165) is 44.3 Å². The maximum Gasteiger partial charge on any atom is 0.257 e. The van der Waals surface area contributed by atoms with Crippen LogP contribution in [-0.2, 0) is 6.54 Å². The van der Waals surface area contributed by atoms with Gasteiger partial charge in [0.25, 0.3) is 5.91 Å². The molecule has 0 bridgehead atoms. The first-order valence-electron chi connectivity index (χ1n) is 9.44. The monoisotopic (exact) mass is 368 g/mol. The van der Waals surface area contributed by atoms with Gasteiger partial charge in [-0.2, -0.15) is 0 Å². The molecule has 0 N–H and O–H groups in total. The highest BCUT2D eigenvalue weighted by Gasteiger charge is 2.25. The minimum absolute atomic E-state index is 0.0566. The smallest absolute Gasteiger partial charge is 0.257 e. The van der Waals surface area contributed by atoms with Crippen molar-refractivity contribution < 1.29 is 9.53 Å². The van der Waals surface area contributed by atoms with E-state index in [-0.39, 0.29) is 5.91 Å². The van der Waals surface area contributed by atoms with E-state index >= 15 is 0 Å². The Morgan fingerprint density at radius 2 is 1.85 bits per heavy atom. The number of rotatable bonds is 6. The Kier molecular flexibility index (Phi) is 6.29. The molecule has 0 unspecified atom stereocenters. The number of piperazine rings is 1. The summed E-state index contributed by atoms with van der Waals surface area (Å²) in [5.41, 5.74) is 1.86. The van der Waals surface area contributed by atoms with Crippen molar-refractivity contribution in [1.29, 1.82) is 0 Å². The zero-order valence-corrected chi connectivity index (χ0v) is 16.4. The predicted molar refractivity (Wildman–Crippen MR) is 107 cm³/mol. The van der Waals surface area contributed by atoms with Crippen LogP contribution in [0, 0.1) is 0 Å². The number of ether oxygens (including phenoxy) is 1. The number of amides is 1. The van der Waals surface area contributed by atoms with Crippen LogP contribution in [0.25, 0.3) is 0 Å². The Labute approximate surface area is 161 Å². The SMILES string of the molecule is CCOc1ccccc1CN1CCN(C(=O)c2cccnc2N(C)C)CC1. The van der Waals surface area contributed by atoms with E-state index in [0.29, 0.717) is 12.2 Å². The predicted octanol–water partition coefficient (Wildman–Crippen LogP) is 2.50. The molecule has 144 valence electrons. The van der Waals surface area contributed by atoms with Crippen LogP contribution in [0.1, 0.15) is 22.8 Å². The molecule has 2 heterocycles. The van der Waals surface area contributed by atoms with E-state index in [9.17, 15) is 4.79 Å². The van der Waals surface area contributed by atoms with Crippen molar-refractivity contribution in [2.45, 2.75) is 13.5 Å². The third-order valence-electron chi connectivity index (χ3n) is 4.77.